The molecule has 0 radical (unpaired) electrons. The van der Waals surface area contributed by atoms with E-state index in [0.29, 0.717) is 40.8 Å². The summed E-state index contributed by atoms with van der Waals surface area (Å²) in [7, 11) is 0.747. The second-order valence-electron chi connectivity index (χ2n) is 9.05. The van der Waals surface area contributed by atoms with Gasteiger partial charge in [0.15, 0.2) is 0 Å². The van der Waals surface area contributed by atoms with E-state index in [0.717, 1.165) is 17.3 Å². The van der Waals surface area contributed by atoms with Crippen molar-refractivity contribution in [3.63, 3.8) is 0 Å². The number of carbonyl (C=O) groups is 2. The molecule has 0 unspecified atom stereocenters. The summed E-state index contributed by atoms with van der Waals surface area (Å²) in [4.78, 5) is 29.0. The number of hydrogen-bond donors (Lipinski definition) is 2. The molecule has 0 aliphatic carbocycles. The van der Waals surface area contributed by atoms with Gasteiger partial charge >= 0.3 is 0 Å². The lowest BCUT2D eigenvalue weighted by Gasteiger charge is -2.15. The van der Waals surface area contributed by atoms with Crippen LogP contribution in [0.3, 0.4) is 0 Å². The van der Waals surface area contributed by atoms with Gasteiger partial charge in [-0.15, -0.1) is 0 Å². The van der Waals surface area contributed by atoms with Crippen molar-refractivity contribution in [3.8, 4) is 11.5 Å². The third-order valence-electron chi connectivity index (χ3n) is 6.16. The molecule has 1 heterocycles. The van der Waals surface area contributed by atoms with Gasteiger partial charge in [-0.3, -0.25) is 19.2 Å². The number of imide groups is 1. The molecule has 0 atom stereocenters. The molecule has 1 aliphatic heterocycles. The van der Waals surface area contributed by atoms with Crippen LogP contribution >= 0.6 is 11.8 Å². The number of aryl methyl sites for hydroxylation is 1. The Balaban J connectivity index is 1.65. The van der Waals surface area contributed by atoms with Gasteiger partial charge in [0.2, 0.25) is 0 Å². The zero-order valence-corrected chi connectivity index (χ0v) is 24.7. The fourth-order valence-electron chi connectivity index (χ4n) is 4.04. The van der Waals surface area contributed by atoms with E-state index in [1.807, 2.05) is 6.92 Å². The first-order valence-electron chi connectivity index (χ1n) is 12.6. The zero-order chi connectivity index (χ0) is 29.6. The number of sulfonamides is 1. The molecule has 0 saturated carbocycles. The van der Waals surface area contributed by atoms with Crippen LogP contribution < -0.4 is 19.5 Å². The summed E-state index contributed by atoms with van der Waals surface area (Å²) >= 11 is 1.07. The molecular formula is C29H31N3O7S2. The smallest absolute Gasteiger partial charge is 0.278 e. The SMILES string of the molecule is COCCCN1C(=O)C(Nc2ccc(OC)cc2OC)=C(Sc2cccc(NS(=O)(=O)c3ccc(C)cc3)c2)C1=O. The van der Waals surface area contributed by atoms with E-state index in [1.54, 1.807) is 61.7 Å². The summed E-state index contributed by atoms with van der Waals surface area (Å²) in [5, 5.41) is 3.08. The van der Waals surface area contributed by atoms with Gasteiger partial charge in [0, 0.05) is 36.9 Å². The fourth-order valence-corrected chi connectivity index (χ4v) is 6.09. The van der Waals surface area contributed by atoms with Crippen LogP contribution in [0.5, 0.6) is 11.5 Å². The van der Waals surface area contributed by atoms with Crippen molar-refractivity contribution < 1.29 is 32.2 Å². The van der Waals surface area contributed by atoms with Gasteiger partial charge in [0.05, 0.1) is 24.8 Å². The summed E-state index contributed by atoms with van der Waals surface area (Å²) in [5.41, 5.74) is 1.82. The van der Waals surface area contributed by atoms with Crippen molar-refractivity contribution in [3.05, 3.63) is 82.9 Å². The number of nitrogens with zero attached hydrogens (tertiary/aromatic N) is 1. The molecule has 216 valence electrons. The Hall–Kier alpha value is -4.00. The number of amides is 2. The van der Waals surface area contributed by atoms with E-state index in [2.05, 4.69) is 10.0 Å². The summed E-state index contributed by atoms with van der Waals surface area (Å²) < 4.78 is 44.2. The molecule has 0 aromatic heterocycles. The van der Waals surface area contributed by atoms with Crippen LogP contribution in [0.2, 0.25) is 0 Å². The highest BCUT2D eigenvalue weighted by Crippen LogP contribution is 2.39. The van der Waals surface area contributed by atoms with Crippen LogP contribution in [0, 0.1) is 6.92 Å². The van der Waals surface area contributed by atoms with Crippen molar-refractivity contribution in [2.45, 2.75) is 23.1 Å². The number of benzene rings is 3. The fraction of sp³-hybridized carbons (Fsp3) is 0.241. The quantitative estimate of drug-likeness (QED) is 0.214. The number of carbonyl (C=O) groups excluding carboxylic acids is 2. The molecule has 2 N–H and O–H groups in total. The number of hydrogen-bond acceptors (Lipinski definition) is 9. The van der Waals surface area contributed by atoms with E-state index in [-0.39, 0.29) is 22.0 Å². The second kappa shape index (κ2) is 13.1. The lowest BCUT2D eigenvalue weighted by Crippen LogP contribution is -2.33. The molecule has 2 amide bonds. The number of nitrogens with one attached hydrogen (secondary N) is 2. The van der Waals surface area contributed by atoms with Gasteiger partial charge in [-0.05, 0) is 55.8 Å². The Morgan fingerprint density at radius 1 is 0.902 bits per heavy atom. The number of rotatable bonds is 13. The minimum Gasteiger partial charge on any atom is -0.497 e. The Kier molecular flexibility index (Phi) is 9.58. The maximum atomic E-state index is 13.5. The van der Waals surface area contributed by atoms with E-state index in [4.69, 9.17) is 14.2 Å². The van der Waals surface area contributed by atoms with Crippen molar-refractivity contribution in [1.82, 2.24) is 4.90 Å². The van der Waals surface area contributed by atoms with Crippen LogP contribution in [-0.4, -0.2) is 59.6 Å². The minimum atomic E-state index is -3.83. The molecule has 4 rings (SSSR count). The maximum Gasteiger partial charge on any atom is 0.278 e. The molecule has 10 nitrogen and oxygen atoms in total. The molecule has 3 aromatic carbocycles. The van der Waals surface area contributed by atoms with Gasteiger partial charge in [-0.2, -0.15) is 0 Å². The van der Waals surface area contributed by atoms with E-state index >= 15 is 0 Å². The number of anilines is 2. The predicted octanol–water partition coefficient (Wildman–Crippen LogP) is 4.63. The topological polar surface area (TPSA) is 123 Å². The highest BCUT2D eigenvalue weighted by Gasteiger charge is 2.39. The number of ether oxygens (including phenoxy) is 3. The Bertz CT molecular complexity index is 1570. The Morgan fingerprint density at radius 2 is 1.66 bits per heavy atom. The van der Waals surface area contributed by atoms with E-state index < -0.39 is 21.8 Å². The summed E-state index contributed by atoms with van der Waals surface area (Å²) in [6, 6.07) is 18.2. The van der Waals surface area contributed by atoms with Crippen molar-refractivity contribution in [2.24, 2.45) is 0 Å². The molecule has 0 spiro atoms. The predicted molar refractivity (Wildman–Crippen MR) is 158 cm³/mol. The van der Waals surface area contributed by atoms with Gasteiger partial charge in [-0.25, -0.2) is 8.42 Å². The van der Waals surface area contributed by atoms with Crippen molar-refractivity contribution in [1.29, 1.82) is 0 Å². The number of thioether (sulfide) groups is 1. The summed E-state index contributed by atoms with van der Waals surface area (Å²) in [6.07, 6.45) is 0.474. The van der Waals surface area contributed by atoms with Crippen LogP contribution in [0.25, 0.3) is 0 Å². The summed E-state index contributed by atoms with van der Waals surface area (Å²) in [5.74, 6) is 0.0436. The standard InChI is InChI=1S/C29H31N3O7S2/c1-19-9-12-23(13-10-19)41(35,36)31-20-7-5-8-22(17-20)40-27-26(28(33)32(29(27)34)15-6-16-37-2)30-24-14-11-21(38-3)18-25(24)39-4/h5,7-14,17-18,30-31H,6,15-16H2,1-4H3. The highest BCUT2D eigenvalue weighted by molar-refractivity contribution is 8.04. The molecule has 0 bridgehead atoms. The minimum absolute atomic E-state index is 0.0894. The summed E-state index contributed by atoms with van der Waals surface area (Å²) in [6.45, 7) is 2.44. The molecular weight excluding hydrogens is 566 g/mol. The highest BCUT2D eigenvalue weighted by atomic mass is 32.2. The molecule has 0 fully saturated rings. The van der Waals surface area contributed by atoms with Crippen molar-refractivity contribution in [2.75, 3.05) is 44.5 Å². The molecule has 0 saturated heterocycles. The van der Waals surface area contributed by atoms with E-state index in [9.17, 15) is 18.0 Å². The van der Waals surface area contributed by atoms with Crippen LogP contribution in [0.1, 0.15) is 12.0 Å². The van der Waals surface area contributed by atoms with Gasteiger partial charge in [0.25, 0.3) is 21.8 Å². The first-order chi connectivity index (χ1) is 19.7. The average Bonchev–Trinajstić information content (AvgIpc) is 3.17. The van der Waals surface area contributed by atoms with Gasteiger partial charge in [0.1, 0.15) is 22.1 Å². The van der Waals surface area contributed by atoms with Crippen LogP contribution in [0.4, 0.5) is 11.4 Å². The molecule has 12 heteroatoms. The molecule has 3 aromatic rings. The average molecular weight is 598 g/mol. The van der Waals surface area contributed by atoms with Gasteiger partial charge in [-0.1, -0.05) is 35.5 Å². The van der Waals surface area contributed by atoms with Crippen LogP contribution in [-0.2, 0) is 24.3 Å². The second-order valence-corrected chi connectivity index (χ2v) is 11.8. The first kappa shape index (κ1) is 30.0. The van der Waals surface area contributed by atoms with E-state index in [1.165, 1.54) is 31.3 Å². The molecule has 1 aliphatic rings. The largest absolute Gasteiger partial charge is 0.497 e. The number of methoxy groups -OCH3 is 3. The Morgan fingerprint density at radius 3 is 2.34 bits per heavy atom. The zero-order valence-electron chi connectivity index (χ0n) is 23.1. The van der Waals surface area contributed by atoms with Crippen LogP contribution in [0.15, 0.2) is 87.1 Å². The normalized spacial score (nSPS) is 13.5. The Labute approximate surface area is 243 Å². The third kappa shape index (κ3) is 7.02. The third-order valence-corrected chi connectivity index (χ3v) is 8.63. The lowest BCUT2D eigenvalue weighted by atomic mass is 10.2. The van der Waals surface area contributed by atoms with Crippen molar-refractivity contribution >= 4 is 45.0 Å². The van der Waals surface area contributed by atoms with Gasteiger partial charge < -0.3 is 19.5 Å². The molecule has 41 heavy (non-hydrogen) atoms. The lowest BCUT2D eigenvalue weighted by molar-refractivity contribution is -0.137. The maximum absolute atomic E-state index is 13.5. The monoisotopic (exact) mass is 597 g/mol. The first-order valence-corrected chi connectivity index (χ1v) is 14.9.